The van der Waals surface area contributed by atoms with Crippen LogP contribution < -0.4 is 5.73 Å². The number of hydroxylamine groups is 2. The summed E-state index contributed by atoms with van der Waals surface area (Å²) >= 11 is 0. The molecule has 8 heteroatoms. The van der Waals surface area contributed by atoms with Gasteiger partial charge in [-0.15, -0.1) is 0 Å². The van der Waals surface area contributed by atoms with Gasteiger partial charge >= 0.3 is 0 Å². The highest BCUT2D eigenvalue weighted by molar-refractivity contribution is 5.80. The third-order valence-corrected chi connectivity index (χ3v) is 7.90. The Morgan fingerprint density at radius 1 is 1.12 bits per heavy atom. The molecule has 0 spiro atoms. The second kappa shape index (κ2) is 19.1. The fourth-order valence-electron chi connectivity index (χ4n) is 6.18. The number of rotatable bonds is 11. The van der Waals surface area contributed by atoms with Crippen molar-refractivity contribution in [2.45, 2.75) is 113 Å². The van der Waals surface area contributed by atoms with Gasteiger partial charge in [0.25, 0.3) is 0 Å². The van der Waals surface area contributed by atoms with Crippen molar-refractivity contribution in [3.63, 3.8) is 0 Å². The maximum Gasteiger partial charge on any atom is 0.237 e. The predicted molar refractivity (Wildman–Crippen MR) is 178 cm³/mol. The van der Waals surface area contributed by atoms with Crippen molar-refractivity contribution in [3.8, 4) is 0 Å². The number of amides is 1. The van der Waals surface area contributed by atoms with E-state index in [1.807, 2.05) is 12.1 Å². The normalized spacial score (nSPS) is 23.9. The van der Waals surface area contributed by atoms with E-state index in [0.29, 0.717) is 12.0 Å². The first-order valence-corrected chi connectivity index (χ1v) is 16.4. The molecule has 4 N–H and O–H groups in total. The fourth-order valence-corrected chi connectivity index (χ4v) is 6.18. The Kier molecular flexibility index (Phi) is 17.5. The summed E-state index contributed by atoms with van der Waals surface area (Å²) in [6, 6.07) is 7.45. The zero-order chi connectivity index (χ0) is 32.8. The van der Waals surface area contributed by atoms with Gasteiger partial charge in [0, 0.05) is 32.1 Å². The van der Waals surface area contributed by atoms with E-state index < -0.39 is 24.0 Å². The molecule has 0 aromatic heterocycles. The van der Waals surface area contributed by atoms with Crippen molar-refractivity contribution in [2.75, 3.05) is 46.9 Å². The van der Waals surface area contributed by atoms with Crippen molar-refractivity contribution >= 4 is 5.91 Å². The third kappa shape index (κ3) is 15.3. The highest BCUT2D eigenvalue weighted by Gasteiger charge is 2.45. The van der Waals surface area contributed by atoms with E-state index >= 15 is 0 Å². The highest BCUT2D eigenvalue weighted by atomic mass is 16.7. The van der Waals surface area contributed by atoms with Crippen LogP contribution in [-0.2, 0) is 22.7 Å². The quantitative estimate of drug-likeness (QED) is 0.314. The SMILES string of the molecule is CC1CCCC(C)(C)C1.CCC.CN(C)CCN(Cc1cccc(CN2OC(CO)[C@@H](CO)[C@H]2C(N)=O)c1)CC(C)(C)C. The Morgan fingerprint density at radius 2 is 1.74 bits per heavy atom. The first-order valence-electron chi connectivity index (χ1n) is 16.4. The summed E-state index contributed by atoms with van der Waals surface area (Å²) in [4.78, 5) is 22.4. The van der Waals surface area contributed by atoms with Crippen molar-refractivity contribution in [3.05, 3.63) is 35.4 Å². The summed E-state index contributed by atoms with van der Waals surface area (Å²) in [5.74, 6) is -0.126. The molecular formula is C35H66N4O4. The Morgan fingerprint density at radius 3 is 2.21 bits per heavy atom. The number of primary amides is 1. The third-order valence-electron chi connectivity index (χ3n) is 7.90. The number of aliphatic hydroxyl groups is 2. The van der Waals surface area contributed by atoms with Gasteiger partial charge < -0.3 is 20.8 Å². The van der Waals surface area contributed by atoms with Gasteiger partial charge in [0.2, 0.25) is 5.91 Å². The molecule has 4 atom stereocenters. The number of nitrogens with two attached hydrogens (primary N) is 1. The highest BCUT2D eigenvalue weighted by Crippen LogP contribution is 2.38. The van der Waals surface area contributed by atoms with E-state index in [9.17, 15) is 15.0 Å². The summed E-state index contributed by atoms with van der Waals surface area (Å²) in [6.07, 6.45) is 6.40. The molecule has 0 bridgehead atoms. The van der Waals surface area contributed by atoms with Crippen LogP contribution in [0.4, 0.5) is 0 Å². The van der Waals surface area contributed by atoms with Crippen molar-refractivity contribution in [1.82, 2.24) is 14.9 Å². The van der Waals surface area contributed by atoms with Gasteiger partial charge in [0.15, 0.2) is 0 Å². The zero-order valence-electron chi connectivity index (χ0n) is 29.2. The maximum absolute atomic E-state index is 12.0. The van der Waals surface area contributed by atoms with Crippen LogP contribution in [0.1, 0.15) is 98.6 Å². The van der Waals surface area contributed by atoms with Gasteiger partial charge in [0.1, 0.15) is 12.1 Å². The predicted octanol–water partition coefficient (Wildman–Crippen LogP) is 5.31. The second-order valence-electron chi connectivity index (χ2n) is 15.1. The Labute approximate surface area is 263 Å². The smallest absolute Gasteiger partial charge is 0.237 e. The van der Waals surface area contributed by atoms with Gasteiger partial charge in [0.05, 0.1) is 19.8 Å². The molecule has 1 saturated heterocycles. The first-order chi connectivity index (χ1) is 20.0. The van der Waals surface area contributed by atoms with Crippen LogP contribution in [0.3, 0.4) is 0 Å². The van der Waals surface area contributed by atoms with E-state index in [2.05, 4.69) is 91.4 Å². The lowest BCUT2D eigenvalue weighted by Gasteiger charge is -2.33. The van der Waals surface area contributed by atoms with Crippen LogP contribution in [0.25, 0.3) is 0 Å². The van der Waals surface area contributed by atoms with E-state index in [1.54, 1.807) is 0 Å². The van der Waals surface area contributed by atoms with Crippen LogP contribution in [0, 0.1) is 22.7 Å². The number of aliphatic hydroxyl groups excluding tert-OH is 2. The average molecular weight is 607 g/mol. The van der Waals surface area contributed by atoms with Crippen LogP contribution in [0.2, 0.25) is 0 Å². The lowest BCUT2D eigenvalue weighted by Crippen LogP contribution is -2.44. The molecule has 1 aromatic carbocycles. The van der Waals surface area contributed by atoms with Gasteiger partial charge in [-0.25, -0.2) is 0 Å². The molecule has 1 aliphatic carbocycles. The molecule has 1 saturated carbocycles. The Bertz CT molecular complexity index is 917. The molecule has 1 heterocycles. The lowest BCUT2D eigenvalue weighted by atomic mass is 9.73. The first kappa shape index (κ1) is 39.5. The number of carbonyl (C=O) groups is 1. The zero-order valence-corrected chi connectivity index (χ0v) is 29.2. The molecule has 2 aliphatic rings. The van der Waals surface area contributed by atoms with E-state index in [-0.39, 0.29) is 18.6 Å². The molecule has 1 aromatic rings. The summed E-state index contributed by atoms with van der Waals surface area (Å²) in [5.41, 5.74) is 8.59. The lowest BCUT2D eigenvalue weighted by molar-refractivity contribution is -0.180. The molecule has 8 nitrogen and oxygen atoms in total. The molecule has 43 heavy (non-hydrogen) atoms. The largest absolute Gasteiger partial charge is 0.396 e. The Balaban J connectivity index is 0.000000641. The number of nitrogens with zero attached hydrogens (tertiary/aromatic N) is 3. The molecular weight excluding hydrogens is 540 g/mol. The standard InChI is InChI=1S/C23H40N4O4.C9H18.C3H8/c1-23(2,3)16-26(10-9-25(4)5)12-17-7-6-8-18(11-17)13-27-21(22(24)30)19(14-28)20(15-29)31-27;1-8-5-4-6-9(2,3)7-8;1-3-2/h6-8,11,19-21,28-29H,9-10,12-16H2,1-5H3,(H2,24,30);8H,4-7H2,1-3H3;3H2,1-2H3/t19-,20?,21+;;/m1../s1. The van der Waals surface area contributed by atoms with E-state index in [4.69, 9.17) is 10.6 Å². The molecule has 250 valence electrons. The second-order valence-corrected chi connectivity index (χ2v) is 15.1. The topological polar surface area (TPSA) is 102 Å². The number of hydrogen-bond donors (Lipinski definition) is 3. The monoisotopic (exact) mass is 607 g/mol. The fraction of sp³-hybridized carbons (Fsp3) is 0.800. The van der Waals surface area contributed by atoms with Gasteiger partial charge in [-0.1, -0.05) is 98.9 Å². The number of likely N-dealkylation sites (N-methyl/N-ethyl adjacent to an activating group) is 1. The average Bonchev–Trinajstić information content (AvgIpc) is 3.24. The van der Waals surface area contributed by atoms with Gasteiger partial charge in [-0.05, 0) is 54.8 Å². The summed E-state index contributed by atoms with van der Waals surface area (Å²) in [5, 5.41) is 20.7. The van der Waals surface area contributed by atoms with Crippen LogP contribution in [0.15, 0.2) is 24.3 Å². The molecule has 1 aliphatic heterocycles. The van der Waals surface area contributed by atoms with Gasteiger partial charge in [-0.2, -0.15) is 5.06 Å². The van der Waals surface area contributed by atoms with Gasteiger partial charge in [-0.3, -0.25) is 14.5 Å². The van der Waals surface area contributed by atoms with Crippen LogP contribution in [-0.4, -0.2) is 90.1 Å². The number of carbonyl (C=O) groups excluding carboxylic acids is 1. The van der Waals surface area contributed by atoms with Crippen molar-refractivity contribution < 1.29 is 19.8 Å². The van der Waals surface area contributed by atoms with Crippen LogP contribution >= 0.6 is 0 Å². The maximum atomic E-state index is 12.0. The summed E-state index contributed by atoms with van der Waals surface area (Å²) in [7, 11) is 4.17. The number of benzene rings is 1. The van der Waals surface area contributed by atoms with Crippen molar-refractivity contribution in [2.24, 2.45) is 28.4 Å². The summed E-state index contributed by atoms with van der Waals surface area (Å²) in [6.45, 7) is 21.7. The number of hydrogen-bond acceptors (Lipinski definition) is 7. The molecule has 2 unspecified atom stereocenters. The summed E-state index contributed by atoms with van der Waals surface area (Å²) < 4.78 is 0. The minimum absolute atomic E-state index is 0.195. The molecule has 0 radical (unpaired) electrons. The van der Waals surface area contributed by atoms with E-state index in [1.165, 1.54) is 42.7 Å². The molecule has 3 rings (SSSR count). The Hall–Kier alpha value is -1.55. The molecule has 1 amide bonds. The minimum atomic E-state index is -0.775. The minimum Gasteiger partial charge on any atom is -0.396 e. The van der Waals surface area contributed by atoms with Crippen molar-refractivity contribution in [1.29, 1.82) is 0 Å². The van der Waals surface area contributed by atoms with Crippen LogP contribution in [0.5, 0.6) is 0 Å². The molecule has 2 fully saturated rings. The van der Waals surface area contributed by atoms with E-state index in [0.717, 1.165) is 37.7 Å².